The molecule has 1 atom stereocenters. The lowest BCUT2D eigenvalue weighted by Crippen LogP contribution is -2.34. The van der Waals surface area contributed by atoms with Gasteiger partial charge in [0.25, 0.3) is 5.92 Å². The van der Waals surface area contributed by atoms with Gasteiger partial charge in [-0.3, -0.25) is 9.69 Å². The Bertz CT molecular complexity index is 1260. The van der Waals surface area contributed by atoms with Gasteiger partial charge in [0.15, 0.2) is 0 Å². The Morgan fingerprint density at radius 1 is 1.16 bits per heavy atom. The molecule has 11 heteroatoms. The number of thiazole rings is 1. The third-order valence-electron chi connectivity index (χ3n) is 6.64. The van der Waals surface area contributed by atoms with Crippen LogP contribution in [0.3, 0.4) is 0 Å². The minimum absolute atomic E-state index is 0.0446. The van der Waals surface area contributed by atoms with Gasteiger partial charge in [0, 0.05) is 12.1 Å². The van der Waals surface area contributed by atoms with Crippen LogP contribution >= 0.6 is 11.3 Å². The number of halogens is 5. The van der Waals surface area contributed by atoms with Crippen LogP contribution in [0.1, 0.15) is 36.0 Å². The highest BCUT2D eigenvalue weighted by Crippen LogP contribution is 2.38. The summed E-state index contributed by atoms with van der Waals surface area (Å²) in [7, 11) is 0. The summed E-state index contributed by atoms with van der Waals surface area (Å²) < 4.78 is 80.2. The molecule has 0 saturated carbocycles. The minimum atomic E-state index is -4.71. The highest BCUT2D eigenvalue weighted by atomic mass is 32.1. The summed E-state index contributed by atoms with van der Waals surface area (Å²) in [6.45, 7) is 6.04. The number of nitrogens with zero attached hydrogens (tertiary/aromatic N) is 1. The number of rotatable bonds is 7. The zero-order chi connectivity index (χ0) is 26.6. The van der Waals surface area contributed by atoms with E-state index in [9.17, 15) is 26.7 Å². The molecule has 1 aromatic carbocycles. The molecule has 2 fully saturated rings. The van der Waals surface area contributed by atoms with Crippen LogP contribution in [0.25, 0.3) is 12.2 Å². The molecule has 0 amide bonds. The summed E-state index contributed by atoms with van der Waals surface area (Å²) in [5.74, 6) is -3.39. The normalized spacial score (nSPS) is 21.5. The number of benzene rings is 1. The molecule has 0 aliphatic carbocycles. The molecule has 37 heavy (non-hydrogen) atoms. The zero-order valence-electron chi connectivity index (χ0n) is 20.2. The molecular weight excluding hydrogens is 515 g/mol. The molecule has 0 bridgehead atoms. The SMILES string of the molecule is C=CC(F)(F)c1cc(C(F)(F)F)ccc1CN1CCC(/C=c2\sc(=O)[nH]\c2=C/CC2COCCO2)CC1. The maximum atomic E-state index is 14.4. The Labute approximate surface area is 214 Å². The van der Waals surface area contributed by atoms with Crippen molar-refractivity contribution in [1.29, 1.82) is 0 Å². The molecule has 2 saturated heterocycles. The molecule has 3 heterocycles. The van der Waals surface area contributed by atoms with Crippen LogP contribution in [0, 0.1) is 5.92 Å². The second kappa shape index (κ2) is 11.6. The molecule has 1 aromatic heterocycles. The summed E-state index contributed by atoms with van der Waals surface area (Å²) >= 11 is 1.14. The summed E-state index contributed by atoms with van der Waals surface area (Å²) in [4.78, 5) is 16.7. The summed E-state index contributed by atoms with van der Waals surface area (Å²) in [5.41, 5.74) is -1.63. The third-order valence-corrected chi connectivity index (χ3v) is 7.50. The van der Waals surface area contributed by atoms with E-state index in [4.69, 9.17) is 9.47 Å². The number of allylic oxidation sites excluding steroid dienone is 1. The molecule has 2 aliphatic rings. The van der Waals surface area contributed by atoms with Gasteiger partial charge >= 0.3 is 11.0 Å². The van der Waals surface area contributed by atoms with Crippen LogP contribution in [0.15, 0.2) is 35.6 Å². The van der Waals surface area contributed by atoms with Crippen molar-refractivity contribution < 1.29 is 31.4 Å². The molecule has 1 N–H and O–H groups in total. The summed E-state index contributed by atoms with van der Waals surface area (Å²) in [5, 5.41) is 0.757. The molecule has 1 unspecified atom stereocenters. The van der Waals surface area contributed by atoms with E-state index in [2.05, 4.69) is 17.6 Å². The van der Waals surface area contributed by atoms with Gasteiger partial charge in [-0.1, -0.05) is 36.1 Å². The van der Waals surface area contributed by atoms with Crippen LogP contribution in [-0.4, -0.2) is 48.9 Å². The number of aromatic amines is 1. The van der Waals surface area contributed by atoms with Gasteiger partial charge in [-0.25, -0.2) is 0 Å². The zero-order valence-corrected chi connectivity index (χ0v) is 21.0. The first kappa shape index (κ1) is 27.7. The van der Waals surface area contributed by atoms with Crippen LogP contribution in [-0.2, 0) is 28.1 Å². The highest BCUT2D eigenvalue weighted by Gasteiger charge is 2.36. The van der Waals surface area contributed by atoms with Crippen molar-refractivity contribution >= 4 is 23.5 Å². The first-order valence-electron chi connectivity index (χ1n) is 12.1. The lowest BCUT2D eigenvalue weighted by atomic mass is 9.94. The minimum Gasteiger partial charge on any atom is -0.376 e. The number of alkyl halides is 5. The van der Waals surface area contributed by atoms with E-state index < -0.39 is 23.2 Å². The molecule has 0 radical (unpaired) electrons. The Morgan fingerprint density at radius 3 is 2.57 bits per heavy atom. The highest BCUT2D eigenvalue weighted by molar-refractivity contribution is 7.07. The van der Waals surface area contributed by atoms with E-state index in [1.54, 1.807) is 0 Å². The average molecular weight is 545 g/mol. The number of piperidine rings is 1. The first-order chi connectivity index (χ1) is 17.5. The topological polar surface area (TPSA) is 54.6 Å². The molecular formula is C26H29F5N2O3S. The third kappa shape index (κ3) is 7.16. The molecule has 2 aliphatic heterocycles. The smallest absolute Gasteiger partial charge is 0.376 e. The predicted molar refractivity (Wildman–Crippen MR) is 132 cm³/mol. The number of nitrogens with one attached hydrogen (secondary N) is 1. The van der Waals surface area contributed by atoms with Crippen LogP contribution in [0.4, 0.5) is 22.0 Å². The van der Waals surface area contributed by atoms with Crippen LogP contribution in [0.2, 0.25) is 0 Å². The molecule has 4 rings (SSSR count). The average Bonchev–Trinajstić information content (AvgIpc) is 3.22. The van der Waals surface area contributed by atoms with Crippen molar-refractivity contribution in [3.63, 3.8) is 0 Å². The van der Waals surface area contributed by atoms with Gasteiger partial charge in [-0.15, -0.1) is 0 Å². The van der Waals surface area contributed by atoms with Gasteiger partial charge in [-0.2, -0.15) is 22.0 Å². The van der Waals surface area contributed by atoms with Crippen molar-refractivity contribution in [3.8, 4) is 0 Å². The Morgan fingerprint density at radius 2 is 1.92 bits per heavy atom. The fourth-order valence-electron chi connectivity index (χ4n) is 4.59. The fraction of sp³-hybridized carbons (Fsp3) is 0.500. The van der Waals surface area contributed by atoms with Crippen LogP contribution in [0.5, 0.6) is 0 Å². The number of ether oxygens (including phenoxy) is 2. The summed E-state index contributed by atoms with van der Waals surface area (Å²) in [6, 6.07) is 2.50. The lowest BCUT2D eigenvalue weighted by molar-refractivity contribution is -0.137. The number of likely N-dealkylation sites (tertiary alicyclic amines) is 1. The molecule has 2 aromatic rings. The second-order valence-electron chi connectivity index (χ2n) is 9.28. The van der Waals surface area contributed by atoms with Gasteiger partial charge in [0.2, 0.25) is 0 Å². The number of hydrogen-bond donors (Lipinski definition) is 1. The van der Waals surface area contributed by atoms with E-state index in [0.29, 0.717) is 51.5 Å². The Hall–Kier alpha value is -2.34. The van der Waals surface area contributed by atoms with Gasteiger partial charge in [0.1, 0.15) is 0 Å². The first-order valence-corrected chi connectivity index (χ1v) is 12.9. The van der Waals surface area contributed by atoms with Crippen LogP contribution < -0.4 is 14.8 Å². The molecule has 202 valence electrons. The van der Waals surface area contributed by atoms with E-state index in [1.165, 1.54) is 0 Å². The van der Waals surface area contributed by atoms with Gasteiger partial charge < -0.3 is 14.5 Å². The van der Waals surface area contributed by atoms with Crippen molar-refractivity contribution in [2.75, 3.05) is 32.9 Å². The van der Waals surface area contributed by atoms with Gasteiger partial charge in [0.05, 0.1) is 41.4 Å². The van der Waals surface area contributed by atoms with Gasteiger partial charge in [-0.05, 0) is 62.0 Å². The maximum Gasteiger partial charge on any atom is 0.416 e. The fourth-order valence-corrected chi connectivity index (χ4v) is 5.46. The Balaban J connectivity index is 1.44. The number of aromatic nitrogens is 1. The largest absolute Gasteiger partial charge is 0.416 e. The monoisotopic (exact) mass is 544 g/mol. The van der Waals surface area contributed by atoms with E-state index >= 15 is 0 Å². The predicted octanol–water partition coefficient (Wildman–Crippen LogP) is 4.01. The molecule has 0 spiro atoms. The van der Waals surface area contributed by atoms with E-state index in [0.717, 1.165) is 46.2 Å². The van der Waals surface area contributed by atoms with E-state index in [1.807, 2.05) is 11.0 Å². The second-order valence-corrected chi connectivity index (χ2v) is 10.3. The number of H-pyrrole nitrogens is 1. The quantitative estimate of drug-likeness (QED) is 0.423. The van der Waals surface area contributed by atoms with Crippen molar-refractivity contribution in [1.82, 2.24) is 9.88 Å². The maximum absolute atomic E-state index is 14.4. The van der Waals surface area contributed by atoms with Crippen molar-refractivity contribution in [3.05, 3.63) is 67.1 Å². The molecule has 5 nitrogen and oxygen atoms in total. The van der Waals surface area contributed by atoms with Crippen molar-refractivity contribution in [2.24, 2.45) is 5.92 Å². The standard InChI is InChI=1S/C26H29F5N2O3S/c1-2-25(27,28)21-14-19(26(29,30)31)4-3-18(21)15-33-9-7-17(8-10-33)13-23-22(32-24(34)37-23)6-5-20-16-35-11-12-36-20/h2-4,6,13-14,17,20H,1,5,7-12,15-16H2,(H,32,34)/b22-6-,23-13-. The lowest BCUT2D eigenvalue weighted by Gasteiger charge is -2.31. The Kier molecular flexibility index (Phi) is 8.67. The summed E-state index contributed by atoms with van der Waals surface area (Å²) in [6.07, 6.45) is 1.72. The number of hydrogen-bond acceptors (Lipinski definition) is 5. The van der Waals surface area contributed by atoms with E-state index in [-0.39, 0.29) is 29.0 Å². The van der Waals surface area contributed by atoms with Crippen molar-refractivity contribution in [2.45, 2.75) is 44.0 Å².